The number of hydrogen-bond donors (Lipinski definition) is 0. The van der Waals surface area contributed by atoms with E-state index in [0.29, 0.717) is 19.4 Å². The number of ketones is 1. The highest BCUT2D eigenvalue weighted by atomic mass is 35.5. The van der Waals surface area contributed by atoms with E-state index in [1.165, 1.54) is 0 Å². The van der Waals surface area contributed by atoms with Crippen LogP contribution in [0.25, 0.3) is 0 Å². The van der Waals surface area contributed by atoms with Crippen molar-refractivity contribution in [2.75, 3.05) is 26.7 Å². The van der Waals surface area contributed by atoms with Crippen molar-refractivity contribution in [1.82, 2.24) is 4.90 Å². The molecule has 1 aliphatic heterocycles. The van der Waals surface area contributed by atoms with Crippen molar-refractivity contribution in [2.24, 2.45) is 5.92 Å². The molecule has 0 saturated carbocycles. The number of esters is 1. The van der Waals surface area contributed by atoms with Crippen molar-refractivity contribution in [3.63, 3.8) is 0 Å². The third-order valence-electron chi connectivity index (χ3n) is 2.50. The molecular weight excluding hydrogens is 218 g/mol. The van der Waals surface area contributed by atoms with Gasteiger partial charge in [-0.2, -0.15) is 0 Å². The van der Waals surface area contributed by atoms with Gasteiger partial charge in [0.25, 0.3) is 0 Å². The van der Waals surface area contributed by atoms with Gasteiger partial charge in [-0.25, -0.2) is 0 Å². The fourth-order valence-corrected chi connectivity index (χ4v) is 1.59. The Bertz CT molecular complexity index is 225. The van der Waals surface area contributed by atoms with Gasteiger partial charge in [-0.3, -0.25) is 9.59 Å². The first-order chi connectivity index (χ1) is 6.65. The monoisotopic (exact) mass is 235 g/mol. The number of nitrogens with zero attached hydrogens (tertiary/aromatic N) is 1. The van der Waals surface area contributed by atoms with Crippen LogP contribution >= 0.6 is 12.4 Å². The molecule has 0 aromatic heterocycles. The molecule has 0 N–H and O–H groups in total. The summed E-state index contributed by atoms with van der Waals surface area (Å²) in [6, 6.07) is 0. The minimum absolute atomic E-state index is 0. The molecule has 1 aliphatic rings. The van der Waals surface area contributed by atoms with E-state index in [2.05, 4.69) is 4.90 Å². The molecule has 0 aromatic rings. The molecule has 5 heteroatoms. The maximum absolute atomic E-state index is 11.5. The Labute approximate surface area is 96.4 Å². The van der Waals surface area contributed by atoms with Gasteiger partial charge in [-0.1, -0.05) is 0 Å². The number of Topliss-reactive ketones (excluding diaryl/α,β-unsaturated/α-hetero) is 1. The minimum atomic E-state index is -0.528. The van der Waals surface area contributed by atoms with Crippen molar-refractivity contribution in [2.45, 2.75) is 19.8 Å². The van der Waals surface area contributed by atoms with Crippen molar-refractivity contribution >= 4 is 24.2 Å². The van der Waals surface area contributed by atoms with Gasteiger partial charge in [0, 0.05) is 13.0 Å². The first-order valence-electron chi connectivity index (χ1n) is 5.03. The van der Waals surface area contributed by atoms with E-state index in [1.807, 2.05) is 7.05 Å². The van der Waals surface area contributed by atoms with Crippen LogP contribution < -0.4 is 0 Å². The summed E-state index contributed by atoms with van der Waals surface area (Å²) >= 11 is 0. The normalized spacial score (nSPS) is 22.8. The molecule has 4 nitrogen and oxygen atoms in total. The minimum Gasteiger partial charge on any atom is -0.465 e. The van der Waals surface area contributed by atoms with E-state index >= 15 is 0 Å². The second kappa shape index (κ2) is 6.80. The molecule has 0 spiro atoms. The van der Waals surface area contributed by atoms with Gasteiger partial charge in [-0.05, 0) is 26.9 Å². The zero-order valence-corrected chi connectivity index (χ0v) is 10.0. The van der Waals surface area contributed by atoms with Crippen molar-refractivity contribution in [3.05, 3.63) is 0 Å². The summed E-state index contributed by atoms with van der Waals surface area (Å²) < 4.78 is 4.86. The van der Waals surface area contributed by atoms with Gasteiger partial charge in [0.05, 0.1) is 6.61 Å². The number of halogens is 1. The van der Waals surface area contributed by atoms with Crippen molar-refractivity contribution in [3.8, 4) is 0 Å². The van der Waals surface area contributed by atoms with E-state index in [4.69, 9.17) is 4.74 Å². The van der Waals surface area contributed by atoms with Crippen LogP contribution in [0.2, 0.25) is 0 Å². The Morgan fingerprint density at radius 1 is 1.53 bits per heavy atom. The van der Waals surface area contributed by atoms with Gasteiger partial charge in [0.1, 0.15) is 11.7 Å². The lowest BCUT2D eigenvalue weighted by Gasteiger charge is -2.12. The van der Waals surface area contributed by atoms with Crippen LogP contribution in [0.5, 0.6) is 0 Å². The zero-order valence-electron chi connectivity index (χ0n) is 9.19. The number of rotatable bonds is 2. The van der Waals surface area contributed by atoms with Crippen molar-refractivity contribution in [1.29, 1.82) is 0 Å². The fraction of sp³-hybridized carbons (Fsp3) is 0.800. The first kappa shape index (κ1) is 14.4. The van der Waals surface area contributed by atoms with Gasteiger partial charge in [-0.15, -0.1) is 12.4 Å². The van der Waals surface area contributed by atoms with Crippen LogP contribution in [-0.4, -0.2) is 43.4 Å². The molecule has 0 radical (unpaired) electrons. The van der Waals surface area contributed by atoms with Crippen LogP contribution in [0.1, 0.15) is 19.8 Å². The predicted molar refractivity (Wildman–Crippen MR) is 59.1 cm³/mol. The Morgan fingerprint density at radius 2 is 2.20 bits per heavy atom. The van der Waals surface area contributed by atoms with Crippen LogP contribution in [0.15, 0.2) is 0 Å². The molecule has 1 unspecified atom stereocenters. The van der Waals surface area contributed by atoms with Gasteiger partial charge in [0.2, 0.25) is 0 Å². The average molecular weight is 236 g/mol. The molecule has 1 atom stereocenters. The summed E-state index contributed by atoms with van der Waals surface area (Å²) in [6.45, 7) is 3.63. The fourth-order valence-electron chi connectivity index (χ4n) is 1.59. The number of likely N-dealkylation sites (tertiary alicyclic amines) is 1. The lowest BCUT2D eigenvalue weighted by molar-refractivity contribution is -0.151. The van der Waals surface area contributed by atoms with Crippen LogP contribution in [0, 0.1) is 5.92 Å². The quantitative estimate of drug-likeness (QED) is 0.527. The standard InChI is InChI=1S/C10H17NO3.ClH/c1-3-14-10(13)8-4-6-11(2)7-5-9(8)12;/h8H,3-7H2,1-2H3;1H. The maximum Gasteiger partial charge on any atom is 0.316 e. The summed E-state index contributed by atoms with van der Waals surface area (Å²) in [7, 11) is 1.96. The topological polar surface area (TPSA) is 46.6 Å². The van der Waals surface area contributed by atoms with Crippen LogP contribution in [0.4, 0.5) is 0 Å². The average Bonchev–Trinajstić information content (AvgIpc) is 2.30. The van der Waals surface area contributed by atoms with Crippen LogP contribution in [-0.2, 0) is 14.3 Å². The van der Waals surface area contributed by atoms with E-state index in [9.17, 15) is 9.59 Å². The van der Waals surface area contributed by atoms with Gasteiger partial charge < -0.3 is 9.64 Å². The molecule has 0 aromatic carbocycles. The summed E-state index contributed by atoms with van der Waals surface area (Å²) in [5.41, 5.74) is 0. The lowest BCUT2D eigenvalue weighted by atomic mass is 10.00. The highest BCUT2D eigenvalue weighted by Crippen LogP contribution is 2.14. The molecule has 0 amide bonds. The molecule has 1 saturated heterocycles. The smallest absolute Gasteiger partial charge is 0.316 e. The molecule has 1 fully saturated rings. The van der Waals surface area contributed by atoms with E-state index in [-0.39, 0.29) is 24.2 Å². The summed E-state index contributed by atoms with van der Waals surface area (Å²) in [5, 5.41) is 0. The molecule has 88 valence electrons. The van der Waals surface area contributed by atoms with Gasteiger partial charge >= 0.3 is 5.97 Å². The Kier molecular flexibility index (Phi) is 6.52. The first-order valence-corrected chi connectivity index (χ1v) is 5.03. The van der Waals surface area contributed by atoms with E-state index in [0.717, 1.165) is 13.1 Å². The molecule has 1 heterocycles. The van der Waals surface area contributed by atoms with Gasteiger partial charge in [0.15, 0.2) is 0 Å². The highest BCUT2D eigenvalue weighted by molar-refractivity contribution is 5.99. The third kappa shape index (κ3) is 4.18. The molecule has 0 bridgehead atoms. The SMILES string of the molecule is CCOC(=O)C1CCN(C)CCC1=O.Cl. The van der Waals surface area contributed by atoms with Crippen LogP contribution in [0.3, 0.4) is 0 Å². The molecule has 1 rings (SSSR count). The Morgan fingerprint density at radius 3 is 2.80 bits per heavy atom. The van der Waals surface area contributed by atoms with Crippen molar-refractivity contribution < 1.29 is 14.3 Å². The zero-order chi connectivity index (χ0) is 10.6. The summed E-state index contributed by atoms with van der Waals surface area (Å²) in [5.74, 6) is -0.861. The molecular formula is C10H18ClNO3. The largest absolute Gasteiger partial charge is 0.465 e. The summed E-state index contributed by atoms with van der Waals surface area (Å²) in [6.07, 6.45) is 1.05. The molecule has 15 heavy (non-hydrogen) atoms. The number of hydrogen-bond acceptors (Lipinski definition) is 4. The number of carbonyl (C=O) groups excluding carboxylic acids is 2. The second-order valence-electron chi connectivity index (χ2n) is 3.61. The highest BCUT2D eigenvalue weighted by Gasteiger charge is 2.29. The summed E-state index contributed by atoms with van der Waals surface area (Å²) in [4.78, 5) is 25.0. The second-order valence-corrected chi connectivity index (χ2v) is 3.61. The Hall–Kier alpha value is -0.610. The predicted octanol–water partition coefficient (Wildman–Crippen LogP) is 0.882. The third-order valence-corrected chi connectivity index (χ3v) is 2.50. The molecule has 0 aliphatic carbocycles. The van der Waals surface area contributed by atoms with E-state index < -0.39 is 5.92 Å². The Balaban J connectivity index is 0.00000196. The maximum atomic E-state index is 11.5. The number of ether oxygens (including phenoxy) is 1. The lowest BCUT2D eigenvalue weighted by Crippen LogP contribution is -2.26. The number of carbonyl (C=O) groups is 2. The van der Waals surface area contributed by atoms with E-state index in [1.54, 1.807) is 6.92 Å².